The Morgan fingerprint density at radius 1 is 0.600 bits per heavy atom. The van der Waals surface area contributed by atoms with Crippen LogP contribution in [0, 0.1) is 0 Å². The minimum Gasteiger partial charge on any atom is -0.870 e. The Bertz CT molecular complexity index is 4.85. The van der Waals surface area contributed by atoms with Crippen molar-refractivity contribution in [1.29, 1.82) is 0 Å². The van der Waals surface area contributed by atoms with Crippen LogP contribution >= 0.6 is 0 Å². The SMILES string of the molecule is [Cr+3].[Cr].[OH-].[OH-].[OH-]. The van der Waals surface area contributed by atoms with Gasteiger partial charge in [-0.2, -0.15) is 0 Å². The molecule has 0 aliphatic heterocycles. The second-order valence-electron chi connectivity index (χ2n) is 0. The van der Waals surface area contributed by atoms with Crippen molar-refractivity contribution < 1.29 is 51.2 Å². The van der Waals surface area contributed by atoms with Gasteiger partial charge in [0.25, 0.3) is 0 Å². The third-order valence-electron chi connectivity index (χ3n) is 0. The van der Waals surface area contributed by atoms with Gasteiger partial charge in [0, 0.05) is 17.4 Å². The maximum atomic E-state index is 0. The summed E-state index contributed by atoms with van der Waals surface area (Å²) in [5.41, 5.74) is 0. The summed E-state index contributed by atoms with van der Waals surface area (Å²) in [6, 6.07) is 0. The van der Waals surface area contributed by atoms with Gasteiger partial charge < -0.3 is 16.4 Å². The summed E-state index contributed by atoms with van der Waals surface area (Å²) in [6.07, 6.45) is 0. The largest absolute Gasteiger partial charge is 3.00 e. The van der Waals surface area contributed by atoms with Crippen molar-refractivity contribution >= 4 is 0 Å². The Balaban J connectivity index is 0. The molecule has 0 atom stereocenters. The molecule has 0 saturated heterocycles. The fraction of sp³-hybridized carbons (Fsp3) is 0. The van der Waals surface area contributed by atoms with Crippen LogP contribution in [0.1, 0.15) is 0 Å². The molecule has 0 unspecified atom stereocenters. The van der Waals surface area contributed by atoms with Gasteiger partial charge in [-0.3, -0.25) is 0 Å². The van der Waals surface area contributed by atoms with Gasteiger partial charge in [-0.1, -0.05) is 0 Å². The van der Waals surface area contributed by atoms with E-state index in [0.717, 1.165) is 0 Å². The molecule has 0 rings (SSSR count). The molecule has 0 heterocycles. The molecule has 0 saturated carbocycles. The van der Waals surface area contributed by atoms with Crippen molar-refractivity contribution in [2.24, 2.45) is 0 Å². The zero-order chi connectivity index (χ0) is 0. The Hall–Kier alpha value is 0.945. The normalized spacial score (nSPS) is 0. The molecule has 0 aliphatic rings. The number of hydrogen-bond acceptors (Lipinski definition) is 3. The van der Waals surface area contributed by atoms with Crippen molar-refractivity contribution in [2.75, 3.05) is 0 Å². The average Bonchev–Trinajstić information content (AvgIpc) is 0. The summed E-state index contributed by atoms with van der Waals surface area (Å²) in [4.78, 5) is 0. The van der Waals surface area contributed by atoms with Crippen LogP contribution in [-0.4, -0.2) is 16.4 Å². The molecule has 0 aromatic heterocycles. The Morgan fingerprint density at radius 3 is 0.600 bits per heavy atom. The molecule has 3 N–H and O–H groups in total. The topological polar surface area (TPSA) is 90.0 Å². The summed E-state index contributed by atoms with van der Waals surface area (Å²) in [6.45, 7) is 0. The molecule has 3 nitrogen and oxygen atoms in total. The quantitative estimate of drug-likeness (QED) is 0.470. The van der Waals surface area contributed by atoms with Gasteiger partial charge in [0.2, 0.25) is 0 Å². The number of rotatable bonds is 0. The van der Waals surface area contributed by atoms with Crippen molar-refractivity contribution in [2.45, 2.75) is 0 Å². The molecule has 0 aliphatic carbocycles. The van der Waals surface area contributed by atoms with E-state index in [1.54, 1.807) is 0 Å². The van der Waals surface area contributed by atoms with Gasteiger partial charge in [-0.25, -0.2) is 0 Å². The molecule has 0 spiro atoms. The molecular weight excluding hydrogens is 152 g/mol. The molecule has 33 valence electrons. The second-order valence-corrected chi connectivity index (χ2v) is 0. The summed E-state index contributed by atoms with van der Waals surface area (Å²) < 4.78 is 0. The predicted octanol–water partition coefficient (Wildman–Crippen LogP) is -0.535. The summed E-state index contributed by atoms with van der Waals surface area (Å²) in [5, 5.41) is 0. The van der Waals surface area contributed by atoms with Crippen LogP contribution in [0.2, 0.25) is 0 Å². The van der Waals surface area contributed by atoms with Crippen LogP contribution in [0.4, 0.5) is 0 Å². The van der Waals surface area contributed by atoms with Gasteiger partial charge in [-0.05, 0) is 0 Å². The van der Waals surface area contributed by atoms with E-state index in [0.29, 0.717) is 0 Å². The van der Waals surface area contributed by atoms with Crippen molar-refractivity contribution in [3.8, 4) is 0 Å². The van der Waals surface area contributed by atoms with Crippen molar-refractivity contribution in [3.05, 3.63) is 0 Å². The van der Waals surface area contributed by atoms with E-state index >= 15 is 0 Å². The van der Waals surface area contributed by atoms with Crippen LogP contribution in [0.15, 0.2) is 0 Å². The molecular formula is H3Cr2O3. The zero-order valence-electron chi connectivity index (χ0n) is 2.16. The van der Waals surface area contributed by atoms with E-state index in [1.807, 2.05) is 0 Å². The predicted molar refractivity (Wildman–Crippen MR) is 5.81 cm³/mol. The Labute approximate surface area is 51.6 Å². The molecule has 0 aromatic carbocycles. The van der Waals surface area contributed by atoms with Crippen LogP contribution in [0.25, 0.3) is 0 Å². The van der Waals surface area contributed by atoms with Crippen LogP contribution in [-0.2, 0) is 34.7 Å². The minimum absolute atomic E-state index is 0. The van der Waals surface area contributed by atoms with Crippen LogP contribution in [0.5, 0.6) is 0 Å². The standard InChI is InChI=1S/2Cr.3H2O/h;;3*1H2/q;+3;;;/p-3. The molecule has 1 radical (unpaired) electrons. The van der Waals surface area contributed by atoms with E-state index in [1.165, 1.54) is 0 Å². The van der Waals surface area contributed by atoms with E-state index in [4.69, 9.17) is 0 Å². The van der Waals surface area contributed by atoms with Crippen LogP contribution < -0.4 is 0 Å². The first-order valence-corrected chi connectivity index (χ1v) is 0. The van der Waals surface area contributed by atoms with E-state index in [-0.39, 0.29) is 51.2 Å². The molecule has 0 bridgehead atoms. The maximum Gasteiger partial charge on any atom is 3.00 e. The van der Waals surface area contributed by atoms with E-state index < -0.39 is 0 Å². The van der Waals surface area contributed by atoms with Gasteiger partial charge in [0.1, 0.15) is 0 Å². The van der Waals surface area contributed by atoms with Crippen molar-refractivity contribution in [3.63, 3.8) is 0 Å². The summed E-state index contributed by atoms with van der Waals surface area (Å²) in [7, 11) is 0. The first kappa shape index (κ1) is 163. The van der Waals surface area contributed by atoms with Crippen LogP contribution in [0.3, 0.4) is 0 Å². The van der Waals surface area contributed by atoms with Gasteiger partial charge >= 0.3 is 17.4 Å². The third-order valence-corrected chi connectivity index (χ3v) is 0. The molecule has 0 aromatic rings. The van der Waals surface area contributed by atoms with Gasteiger partial charge in [-0.15, -0.1) is 0 Å². The van der Waals surface area contributed by atoms with Gasteiger partial charge in [0.15, 0.2) is 0 Å². The third kappa shape index (κ3) is 48.0. The first-order chi connectivity index (χ1) is 0. The first-order valence-electron chi connectivity index (χ1n) is 0. The monoisotopic (exact) mass is 155 g/mol. The Kier molecular flexibility index (Phi) is 2810. The second kappa shape index (κ2) is 86.2. The molecule has 0 amide bonds. The Morgan fingerprint density at radius 2 is 0.600 bits per heavy atom. The fourth-order valence-electron chi connectivity index (χ4n) is 0. The van der Waals surface area contributed by atoms with Gasteiger partial charge in [0.05, 0.1) is 0 Å². The van der Waals surface area contributed by atoms with E-state index in [9.17, 15) is 0 Å². The number of hydrogen-bond donors (Lipinski definition) is 0. The minimum atomic E-state index is 0. The molecule has 0 fully saturated rings. The van der Waals surface area contributed by atoms with Crippen molar-refractivity contribution in [1.82, 2.24) is 0 Å². The smallest absolute Gasteiger partial charge is 0.870 e. The fourth-order valence-corrected chi connectivity index (χ4v) is 0. The summed E-state index contributed by atoms with van der Waals surface area (Å²) >= 11 is 0. The zero-order valence-corrected chi connectivity index (χ0v) is 4.71. The average molecular weight is 155 g/mol. The molecule has 5 heavy (non-hydrogen) atoms. The van der Waals surface area contributed by atoms with E-state index in [2.05, 4.69) is 0 Å². The summed E-state index contributed by atoms with van der Waals surface area (Å²) in [5.74, 6) is 0. The maximum absolute atomic E-state index is 0. The molecule has 5 heteroatoms.